The Hall–Kier alpha value is -1.04. The Morgan fingerprint density at radius 3 is 2.62 bits per heavy atom. The predicted molar refractivity (Wildman–Crippen MR) is 108 cm³/mol. The number of nitrogens with zero attached hydrogens (tertiary/aromatic N) is 1. The number of allylic oxidation sites excluding steroid dienone is 2. The minimum atomic E-state index is -0.613. The second-order valence-electron chi connectivity index (χ2n) is 7.09. The lowest BCUT2D eigenvalue weighted by Crippen LogP contribution is -2.42. The van der Waals surface area contributed by atoms with Crippen molar-refractivity contribution in [2.75, 3.05) is 11.9 Å². The van der Waals surface area contributed by atoms with Crippen LogP contribution in [0.4, 0.5) is 0 Å². The van der Waals surface area contributed by atoms with Gasteiger partial charge in [-0.1, -0.05) is 39.1 Å². The number of hydrogen-bond donors (Lipinski definition) is 0. The van der Waals surface area contributed by atoms with E-state index in [0.29, 0.717) is 21.1 Å². The summed E-state index contributed by atoms with van der Waals surface area (Å²) in [6.45, 7) is 9.36. The molecule has 1 aliphatic heterocycles. The van der Waals surface area contributed by atoms with Gasteiger partial charge in [-0.3, -0.25) is 9.59 Å². The Morgan fingerprint density at radius 1 is 1.38 bits per heavy atom. The molecule has 1 aliphatic rings. The molecule has 1 radical (unpaired) electrons. The van der Waals surface area contributed by atoms with Gasteiger partial charge in [-0.25, -0.2) is 0 Å². The zero-order valence-corrected chi connectivity index (χ0v) is 18.0. The van der Waals surface area contributed by atoms with Gasteiger partial charge in [0.1, 0.15) is 12.1 Å². The molecule has 0 saturated heterocycles. The predicted octanol–water partition coefficient (Wildman–Crippen LogP) is 5.13. The first-order chi connectivity index (χ1) is 12.0. The number of amides is 1. The Morgan fingerprint density at radius 2 is 2.04 bits per heavy atom. The van der Waals surface area contributed by atoms with Crippen LogP contribution >= 0.6 is 39.1 Å². The molecule has 0 aliphatic carbocycles. The molecule has 1 amide bonds. The molecule has 0 saturated carbocycles. The van der Waals surface area contributed by atoms with Gasteiger partial charge < -0.3 is 9.64 Å². The van der Waals surface area contributed by atoms with E-state index in [0.717, 1.165) is 11.1 Å². The van der Waals surface area contributed by atoms with Gasteiger partial charge in [0.05, 0.1) is 0 Å². The van der Waals surface area contributed by atoms with Crippen LogP contribution in [0.15, 0.2) is 29.5 Å². The van der Waals surface area contributed by atoms with E-state index >= 15 is 0 Å². The lowest BCUT2D eigenvalue weighted by atomic mass is 9.84. The number of halogens is 3. The highest BCUT2D eigenvalue weighted by molar-refractivity contribution is 9.09. The molecule has 1 aromatic carbocycles. The van der Waals surface area contributed by atoms with Crippen molar-refractivity contribution in [2.24, 2.45) is 0 Å². The summed E-state index contributed by atoms with van der Waals surface area (Å²) in [5.41, 5.74) is 1.52. The van der Waals surface area contributed by atoms with Crippen LogP contribution in [0.1, 0.15) is 38.7 Å². The molecule has 141 valence electrons. The van der Waals surface area contributed by atoms with E-state index in [9.17, 15) is 9.59 Å². The number of carbonyl (C=O) groups excluding carboxylic acids is 2. The van der Waals surface area contributed by atoms with E-state index in [4.69, 9.17) is 27.9 Å². The first-order valence-electron chi connectivity index (χ1n) is 8.11. The molecule has 1 aromatic rings. The van der Waals surface area contributed by atoms with Gasteiger partial charge in [0.25, 0.3) is 0 Å². The van der Waals surface area contributed by atoms with Crippen LogP contribution in [0.2, 0.25) is 10.0 Å². The topological polar surface area (TPSA) is 46.6 Å². The summed E-state index contributed by atoms with van der Waals surface area (Å²) in [7, 11) is 0. The summed E-state index contributed by atoms with van der Waals surface area (Å²) in [6, 6.07) is 5.16. The second kappa shape index (κ2) is 8.32. The van der Waals surface area contributed by atoms with Gasteiger partial charge in [-0.2, -0.15) is 0 Å². The van der Waals surface area contributed by atoms with Gasteiger partial charge in [-0.15, -0.1) is 0 Å². The van der Waals surface area contributed by atoms with Gasteiger partial charge in [0, 0.05) is 33.4 Å². The monoisotopic (exact) mass is 460 g/mol. The second-order valence-corrected chi connectivity index (χ2v) is 8.50. The molecule has 0 fully saturated rings. The van der Waals surface area contributed by atoms with Crippen molar-refractivity contribution >= 4 is 51.0 Å². The van der Waals surface area contributed by atoms with Crippen LogP contribution in [-0.4, -0.2) is 34.3 Å². The van der Waals surface area contributed by atoms with Gasteiger partial charge >= 0.3 is 5.97 Å². The van der Waals surface area contributed by atoms with Gasteiger partial charge in [-0.05, 0) is 57.0 Å². The van der Waals surface area contributed by atoms with Crippen LogP contribution in [0.3, 0.4) is 0 Å². The van der Waals surface area contributed by atoms with Crippen molar-refractivity contribution in [2.45, 2.75) is 38.7 Å². The molecular weight excluding hydrogens is 441 g/mol. The number of carbonyl (C=O) groups is 2. The summed E-state index contributed by atoms with van der Waals surface area (Å²) in [4.78, 5) is 26.4. The average molecular weight is 462 g/mol. The van der Waals surface area contributed by atoms with Crippen LogP contribution in [0, 0.1) is 6.92 Å². The normalized spacial score (nSPS) is 18.3. The van der Waals surface area contributed by atoms with Crippen molar-refractivity contribution in [3.63, 3.8) is 0 Å². The number of hydrogen-bond acceptors (Lipinski definition) is 3. The fraction of sp³-hybridized carbons (Fsp3) is 0.421. The molecule has 0 N–H and O–H groups in total. The smallest absolute Gasteiger partial charge is 0.326 e. The number of rotatable bonds is 4. The Kier molecular flexibility index (Phi) is 6.81. The maximum absolute atomic E-state index is 12.7. The highest BCUT2D eigenvalue weighted by Gasteiger charge is 2.34. The van der Waals surface area contributed by atoms with Crippen molar-refractivity contribution in [1.82, 2.24) is 4.90 Å². The SMILES string of the molecule is [CH2]C1=C(CBr)N(CC(=O)OC(C)(C)C)C(=O)CC1c1cc(Cl)ccc1Cl. The first-order valence-corrected chi connectivity index (χ1v) is 9.99. The molecule has 0 spiro atoms. The zero-order valence-electron chi connectivity index (χ0n) is 14.9. The average Bonchev–Trinajstić information content (AvgIpc) is 2.51. The Balaban J connectivity index is 2.35. The summed E-state index contributed by atoms with van der Waals surface area (Å²) >= 11 is 15.8. The fourth-order valence-electron chi connectivity index (χ4n) is 2.86. The molecule has 2 rings (SSSR count). The first kappa shape index (κ1) is 21.3. The van der Waals surface area contributed by atoms with Crippen molar-refractivity contribution in [3.05, 3.63) is 52.0 Å². The van der Waals surface area contributed by atoms with E-state index in [1.807, 2.05) is 0 Å². The van der Waals surface area contributed by atoms with Gasteiger partial charge in [0.15, 0.2) is 0 Å². The Bertz CT molecular complexity index is 756. The maximum Gasteiger partial charge on any atom is 0.326 e. The molecule has 0 bridgehead atoms. The van der Waals surface area contributed by atoms with Crippen LogP contribution in [0.5, 0.6) is 0 Å². The highest BCUT2D eigenvalue weighted by atomic mass is 79.9. The molecule has 4 nitrogen and oxygen atoms in total. The molecule has 0 aromatic heterocycles. The molecule has 26 heavy (non-hydrogen) atoms. The zero-order chi connectivity index (χ0) is 19.6. The van der Waals surface area contributed by atoms with E-state index < -0.39 is 11.6 Å². The molecule has 1 heterocycles. The van der Waals surface area contributed by atoms with E-state index in [-0.39, 0.29) is 24.8 Å². The van der Waals surface area contributed by atoms with Crippen LogP contribution in [0.25, 0.3) is 0 Å². The van der Waals surface area contributed by atoms with Gasteiger partial charge in [0.2, 0.25) is 5.91 Å². The minimum Gasteiger partial charge on any atom is -0.459 e. The van der Waals surface area contributed by atoms with E-state index in [1.54, 1.807) is 39.0 Å². The standard InChI is InChI=1S/C19H21BrCl2NO3/c1-11-13(14-7-12(21)5-6-15(14)22)8-17(24)23(16(11)9-20)10-18(25)26-19(2,3)4/h5-7,13H,1,8-10H2,2-4H3. The number of alkyl halides is 1. The molecule has 7 heteroatoms. The van der Waals surface area contributed by atoms with Crippen molar-refractivity contribution in [1.29, 1.82) is 0 Å². The maximum atomic E-state index is 12.7. The summed E-state index contributed by atoms with van der Waals surface area (Å²) < 4.78 is 5.33. The third-order valence-corrected chi connectivity index (χ3v) is 5.07. The molecule has 1 unspecified atom stereocenters. The number of esters is 1. The van der Waals surface area contributed by atoms with Crippen molar-refractivity contribution < 1.29 is 14.3 Å². The Labute approximate surface area is 172 Å². The molecule has 1 atom stereocenters. The lowest BCUT2D eigenvalue weighted by molar-refractivity contribution is -0.158. The van der Waals surface area contributed by atoms with E-state index in [1.165, 1.54) is 4.90 Å². The summed E-state index contributed by atoms with van der Waals surface area (Å²) in [5, 5.41) is 1.46. The fourth-order valence-corrected chi connectivity index (χ4v) is 3.95. The van der Waals surface area contributed by atoms with E-state index in [2.05, 4.69) is 22.9 Å². The third kappa shape index (κ3) is 5.02. The number of ether oxygens (including phenoxy) is 1. The quantitative estimate of drug-likeness (QED) is 0.461. The van der Waals surface area contributed by atoms with Crippen molar-refractivity contribution in [3.8, 4) is 0 Å². The van der Waals surface area contributed by atoms with Crippen LogP contribution < -0.4 is 0 Å². The third-order valence-electron chi connectivity index (χ3n) is 3.96. The largest absolute Gasteiger partial charge is 0.459 e. The summed E-state index contributed by atoms with van der Waals surface area (Å²) in [5.74, 6) is -0.925. The number of benzene rings is 1. The van der Waals surface area contributed by atoms with Crippen LogP contribution in [-0.2, 0) is 14.3 Å². The highest BCUT2D eigenvalue weighted by Crippen LogP contribution is 2.40. The minimum absolute atomic E-state index is 0.147. The molecular formula is C19H21BrCl2NO3. The lowest BCUT2D eigenvalue weighted by Gasteiger charge is -2.35. The summed E-state index contributed by atoms with van der Waals surface area (Å²) in [6.07, 6.45) is 0.165.